The Hall–Kier alpha value is -3.72. The molecule has 0 saturated heterocycles. The molecular weight excluding hydrogens is 366 g/mol. The molecule has 29 heavy (non-hydrogen) atoms. The lowest BCUT2D eigenvalue weighted by atomic mass is 10.2. The summed E-state index contributed by atoms with van der Waals surface area (Å²) in [5, 5.41) is 6.30. The SMILES string of the molecule is CNc1ccc2nc([C@H](C)N3c4cncnc4NC3N)n(-c3ccccc3)c2n1. The number of fused-ring (bicyclic) bond motifs is 2. The van der Waals surface area contributed by atoms with Crippen molar-refractivity contribution in [3.8, 4) is 5.69 Å². The molecule has 9 heteroatoms. The zero-order valence-electron chi connectivity index (χ0n) is 16.1. The maximum Gasteiger partial charge on any atom is 0.167 e. The highest BCUT2D eigenvalue weighted by Crippen LogP contribution is 2.38. The van der Waals surface area contributed by atoms with Gasteiger partial charge in [-0.1, -0.05) is 18.2 Å². The number of nitrogens with two attached hydrogens (primary N) is 1. The fourth-order valence-electron chi connectivity index (χ4n) is 3.78. The topological polar surface area (TPSA) is 110 Å². The first kappa shape index (κ1) is 17.4. The molecule has 3 aromatic heterocycles. The number of nitrogens with zero attached hydrogens (tertiary/aromatic N) is 6. The van der Waals surface area contributed by atoms with Crippen LogP contribution in [0.15, 0.2) is 55.0 Å². The lowest BCUT2D eigenvalue weighted by Gasteiger charge is -2.29. The molecule has 0 fully saturated rings. The van der Waals surface area contributed by atoms with E-state index in [4.69, 9.17) is 15.7 Å². The Bertz CT molecular complexity index is 1170. The fourth-order valence-corrected chi connectivity index (χ4v) is 3.78. The standard InChI is InChI=1S/C20H21N9/c1-12(28-15-10-23-11-24-17(15)27-20(28)21)18-25-14-8-9-16(22-2)26-19(14)29(18)13-6-4-3-5-7-13/h3-12,20H,21H2,1-2H3,(H,22,26)(H,23,24,27)/t12-,20?/m0/s1. The minimum Gasteiger partial charge on any atom is -0.373 e. The average molecular weight is 387 g/mol. The number of rotatable bonds is 4. The molecule has 4 aromatic rings. The highest BCUT2D eigenvalue weighted by Gasteiger charge is 2.34. The van der Waals surface area contributed by atoms with Gasteiger partial charge in [0.05, 0.1) is 12.2 Å². The van der Waals surface area contributed by atoms with E-state index in [1.165, 1.54) is 6.33 Å². The predicted molar refractivity (Wildman–Crippen MR) is 113 cm³/mol. The molecule has 1 aliphatic heterocycles. The fraction of sp³-hybridized carbons (Fsp3) is 0.200. The number of hydrogen-bond donors (Lipinski definition) is 3. The van der Waals surface area contributed by atoms with Crippen LogP contribution in [0.25, 0.3) is 16.9 Å². The van der Waals surface area contributed by atoms with Crippen LogP contribution in [-0.4, -0.2) is 37.8 Å². The summed E-state index contributed by atoms with van der Waals surface area (Å²) in [6.45, 7) is 2.07. The van der Waals surface area contributed by atoms with Crippen molar-refractivity contribution >= 4 is 28.5 Å². The van der Waals surface area contributed by atoms with E-state index in [9.17, 15) is 0 Å². The van der Waals surface area contributed by atoms with E-state index in [0.717, 1.165) is 40.0 Å². The smallest absolute Gasteiger partial charge is 0.167 e. The third-order valence-electron chi connectivity index (χ3n) is 5.15. The van der Waals surface area contributed by atoms with Gasteiger partial charge in [0.15, 0.2) is 17.8 Å². The normalized spacial score (nSPS) is 16.5. The highest BCUT2D eigenvalue weighted by atomic mass is 15.4. The van der Waals surface area contributed by atoms with Crippen molar-refractivity contribution in [2.45, 2.75) is 19.3 Å². The highest BCUT2D eigenvalue weighted by molar-refractivity contribution is 5.77. The van der Waals surface area contributed by atoms with Crippen molar-refractivity contribution in [2.24, 2.45) is 5.73 Å². The number of para-hydroxylation sites is 1. The lowest BCUT2D eigenvalue weighted by molar-refractivity contribution is 0.579. The number of pyridine rings is 1. The molecule has 0 spiro atoms. The maximum atomic E-state index is 6.38. The second-order valence-corrected chi connectivity index (χ2v) is 6.86. The van der Waals surface area contributed by atoms with Crippen LogP contribution < -0.4 is 21.3 Å². The van der Waals surface area contributed by atoms with Gasteiger partial charge in [0.2, 0.25) is 0 Å². The first-order chi connectivity index (χ1) is 14.2. The van der Waals surface area contributed by atoms with E-state index in [1.54, 1.807) is 6.20 Å². The Morgan fingerprint density at radius 1 is 1.14 bits per heavy atom. The number of nitrogens with one attached hydrogen (secondary N) is 2. The summed E-state index contributed by atoms with van der Waals surface area (Å²) >= 11 is 0. The molecule has 1 aromatic carbocycles. The molecule has 146 valence electrons. The van der Waals surface area contributed by atoms with E-state index < -0.39 is 6.29 Å². The predicted octanol–water partition coefficient (Wildman–Crippen LogP) is 2.49. The largest absolute Gasteiger partial charge is 0.373 e. The van der Waals surface area contributed by atoms with Crippen LogP contribution in [0.4, 0.5) is 17.3 Å². The average Bonchev–Trinajstić information content (AvgIpc) is 3.30. The van der Waals surface area contributed by atoms with Crippen LogP contribution >= 0.6 is 0 Å². The molecule has 0 amide bonds. The van der Waals surface area contributed by atoms with Crippen LogP contribution in [0.3, 0.4) is 0 Å². The Balaban J connectivity index is 1.71. The second kappa shape index (κ2) is 6.71. The monoisotopic (exact) mass is 387 g/mol. The van der Waals surface area contributed by atoms with Gasteiger partial charge in [0, 0.05) is 12.7 Å². The number of aromatic nitrogens is 5. The summed E-state index contributed by atoms with van der Waals surface area (Å²) in [4.78, 5) is 20.2. The van der Waals surface area contributed by atoms with Gasteiger partial charge >= 0.3 is 0 Å². The van der Waals surface area contributed by atoms with Crippen LogP contribution in [0.5, 0.6) is 0 Å². The van der Waals surface area contributed by atoms with Crippen molar-refractivity contribution in [1.82, 2.24) is 24.5 Å². The van der Waals surface area contributed by atoms with Gasteiger partial charge in [-0.05, 0) is 31.2 Å². The zero-order valence-corrected chi connectivity index (χ0v) is 16.1. The van der Waals surface area contributed by atoms with E-state index in [2.05, 4.69) is 32.1 Å². The van der Waals surface area contributed by atoms with Gasteiger partial charge in [0.1, 0.15) is 29.2 Å². The molecular formula is C20H21N9. The first-order valence-corrected chi connectivity index (χ1v) is 9.40. The van der Waals surface area contributed by atoms with Crippen LogP contribution in [0, 0.1) is 0 Å². The summed E-state index contributed by atoms with van der Waals surface area (Å²) in [6, 6.07) is 13.8. The Morgan fingerprint density at radius 2 is 1.97 bits per heavy atom. The Morgan fingerprint density at radius 3 is 2.76 bits per heavy atom. The van der Waals surface area contributed by atoms with Crippen LogP contribution in [0.2, 0.25) is 0 Å². The molecule has 1 aliphatic rings. The molecule has 2 atom stereocenters. The summed E-state index contributed by atoms with van der Waals surface area (Å²) < 4.78 is 2.08. The van der Waals surface area contributed by atoms with Crippen molar-refractivity contribution in [3.63, 3.8) is 0 Å². The van der Waals surface area contributed by atoms with E-state index in [-0.39, 0.29) is 6.04 Å². The molecule has 0 saturated carbocycles. The first-order valence-electron chi connectivity index (χ1n) is 9.40. The lowest BCUT2D eigenvalue weighted by Crippen LogP contribution is -2.45. The van der Waals surface area contributed by atoms with Gasteiger partial charge < -0.3 is 15.5 Å². The summed E-state index contributed by atoms with van der Waals surface area (Å²) in [5.41, 5.74) is 9.83. The van der Waals surface area contributed by atoms with E-state index in [0.29, 0.717) is 0 Å². The van der Waals surface area contributed by atoms with E-state index >= 15 is 0 Å². The van der Waals surface area contributed by atoms with Gasteiger partial charge in [-0.3, -0.25) is 10.3 Å². The molecule has 4 heterocycles. The minimum atomic E-state index is -0.429. The van der Waals surface area contributed by atoms with Crippen LogP contribution in [-0.2, 0) is 0 Å². The maximum absolute atomic E-state index is 6.38. The summed E-state index contributed by atoms with van der Waals surface area (Å²) in [5.74, 6) is 2.34. The number of hydrogen-bond acceptors (Lipinski definition) is 8. The summed E-state index contributed by atoms with van der Waals surface area (Å²) in [6.07, 6.45) is 2.85. The molecule has 0 aliphatic carbocycles. The zero-order chi connectivity index (χ0) is 20.0. The van der Waals surface area contributed by atoms with Crippen molar-refractivity contribution in [3.05, 3.63) is 60.8 Å². The van der Waals surface area contributed by atoms with Crippen molar-refractivity contribution in [1.29, 1.82) is 0 Å². The molecule has 4 N–H and O–H groups in total. The third-order valence-corrected chi connectivity index (χ3v) is 5.15. The number of anilines is 3. The molecule has 1 unspecified atom stereocenters. The van der Waals surface area contributed by atoms with Gasteiger partial charge in [-0.15, -0.1) is 0 Å². The van der Waals surface area contributed by atoms with Crippen molar-refractivity contribution in [2.75, 3.05) is 22.6 Å². The molecule has 9 nitrogen and oxygen atoms in total. The third kappa shape index (κ3) is 2.74. The second-order valence-electron chi connectivity index (χ2n) is 6.86. The quantitative estimate of drug-likeness (QED) is 0.490. The van der Waals surface area contributed by atoms with Gasteiger partial charge in [0.25, 0.3) is 0 Å². The Labute approximate surface area is 167 Å². The molecule has 0 bridgehead atoms. The molecule has 0 radical (unpaired) electrons. The Kier molecular flexibility index (Phi) is 4.02. The van der Waals surface area contributed by atoms with E-state index in [1.807, 2.05) is 54.4 Å². The van der Waals surface area contributed by atoms with Gasteiger partial charge in [-0.2, -0.15) is 0 Å². The number of imidazole rings is 1. The van der Waals surface area contributed by atoms with Gasteiger partial charge in [-0.25, -0.2) is 19.9 Å². The van der Waals surface area contributed by atoms with Crippen molar-refractivity contribution < 1.29 is 0 Å². The minimum absolute atomic E-state index is 0.155. The summed E-state index contributed by atoms with van der Waals surface area (Å²) in [7, 11) is 1.85. The molecule has 5 rings (SSSR count). The number of benzene rings is 1. The van der Waals surface area contributed by atoms with Crippen LogP contribution in [0.1, 0.15) is 18.8 Å².